The average molecular weight is 296 g/mol. The predicted molar refractivity (Wildman–Crippen MR) is 84.8 cm³/mol. The first kappa shape index (κ1) is 13.3. The van der Waals surface area contributed by atoms with Gasteiger partial charge in [-0.25, -0.2) is 4.98 Å². The molecule has 5 heteroatoms. The van der Waals surface area contributed by atoms with Gasteiger partial charge in [0.15, 0.2) is 0 Å². The maximum absolute atomic E-state index is 11.7. The number of amides is 1. The van der Waals surface area contributed by atoms with Crippen molar-refractivity contribution >= 4 is 39.1 Å². The topological polar surface area (TPSA) is 76.2 Å². The first-order chi connectivity index (χ1) is 10.1. The summed E-state index contributed by atoms with van der Waals surface area (Å²) in [5.41, 5.74) is 7.11. The Morgan fingerprint density at radius 2 is 1.86 bits per heavy atom. The number of carbonyl (C=O) groups excluding carboxylic acids is 1. The van der Waals surface area contributed by atoms with E-state index in [1.54, 1.807) is 30.3 Å². The number of benzene rings is 2. The second-order valence-corrected chi connectivity index (χ2v) is 5.50. The van der Waals surface area contributed by atoms with Gasteiger partial charge in [0.05, 0.1) is 15.8 Å². The molecular formula is C16H12N2O2S. The van der Waals surface area contributed by atoms with E-state index in [2.05, 4.69) is 4.98 Å². The lowest BCUT2D eigenvalue weighted by atomic mass is 10.1. The molecular weight excluding hydrogens is 284 g/mol. The number of rotatable bonds is 3. The zero-order chi connectivity index (χ0) is 14.8. The maximum Gasteiger partial charge on any atom is 0.251 e. The van der Waals surface area contributed by atoms with Gasteiger partial charge in [0.2, 0.25) is 0 Å². The van der Waals surface area contributed by atoms with Gasteiger partial charge in [0.25, 0.3) is 5.91 Å². The van der Waals surface area contributed by atoms with E-state index >= 15 is 0 Å². The van der Waals surface area contributed by atoms with Crippen molar-refractivity contribution in [2.45, 2.75) is 0 Å². The highest BCUT2D eigenvalue weighted by atomic mass is 32.1. The summed E-state index contributed by atoms with van der Waals surface area (Å²) in [5.74, 6) is -0.477. The Kier molecular flexibility index (Phi) is 3.41. The van der Waals surface area contributed by atoms with E-state index in [9.17, 15) is 9.90 Å². The standard InChI is InChI=1S/C16H12N2O2S/c17-15(20)11(9-10-5-1-3-7-13(10)19)16-18-12-6-2-4-8-14(12)21-16/h1-9,19H,(H2,17,20). The summed E-state index contributed by atoms with van der Waals surface area (Å²) in [6.07, 6.45) is 1.56. The van der Waals surface area contributed by atoms with Crippen LogP contribution in [0.5, 0.6) is 5.75 Å². The van der Waals surface area contributed by atoms with Crippen LogP contribution in [-0.2, 0) is 4.79 Å². The van der Waals surface area contributed by atoms with Crippen LogP contribution in [0.1, 0.15) is 10.6 Å². The lowest BCUT2D eigenvalue weighted by molar-refractivity contribution is -0.112. The Labute approximate surface area is 125 Å². The van der Waals surface area contributed by atoms with Gasteiger partial charge in [-0.3, -0.25) is 4.79 Å². The Morgan fingerprint density at radius 1 is 1.14 bits per heavy atom. The average Bonchev–Trinajstić information content (AvgIpc) is 2.89. The minimum atomic E-state index is -0.572. The van der Waals surface area contributed by atoms with E-state index in [0.29, 0.717) is 10.6 Å². The number of aromatic hydroxyl groups is 1. The first-order valence-corrected chi connectivity index (χ1v) is 7.12. The number of primary amides is 1. The molecule has 0 radical (unpaired) electrons. The number of phenolic OH excluding ortho intramolecular Hbond substituents is 1. The first-order valence-electron chi connectivity index (χ1n) is 6.30. The fraction of sp³-hybridized carbons (Fsp3) is 0. The fourth-order valence-corrected chi connectivity index (χ4v) is 2.98. The third-order valence-corrected chi connectivity index (χ3v) is 4.10. The van der Waals surface area contributed by atoms with Gasteiger partial charge in [-0.05, 0) is 24.3 Å². The molecule has 104 valence electrons. The summed E-state index contributed by atoms with van der Waals surface area (Å²) >= 11 is 1.40. The van der Waals surface area contributed by atoms with Gasteiger partial charge in [-0.2, -0.15) is 0 Å². The predicted octanol–water partition coefficient (Wildman–Crippen LogP) is 3.03. The fourth-order valence-electron chi connectivity index (χ4n) is 1.99. The molecule has 3 aromatic rings. The van der Waals surface area contributed by atoms with Crippen molar-refractivity contribution in [2.75, 3.05) is 0 Å². The summed E-state index contributed by atoms with van der Waals surface area (Å²) in [7, 11) is 0. The van der Waals surface area contributed by atoms with Crippen molar-refractivity contribution < 1.29 is 9.90 Å². The molecule has 2 aromatic carbocycles. The number of thiazole rings is 1. The van der Waals surface area contributed by atoms with E-state index in [0.717, 1.165) is 10.2 Å². The molecule has 0 aliphatic rings. The second-order valence-electron chi connectivity index (χ2n) is 4.47. The summed E-state index contributed by atoms with van der Waals surface area (Å²) in [6.45, 7) is 0. The number of hydrogen-bond acceptors (Lipinski definition) is 4. The molecule has 0 unspecified atom stereocenters. The van der Waals surface area contributed by atoms with Crippen LogP contribution in [0.3, 0.4) is 0 Å². The molecule has 0 saturated carbocycles. The quantitative estimate of drug-likeness (QED) is 0.729. The van der Waals surface area contributed by atoms with E-state index in [1.807, 2.05) is 24.3 Å². The summed E-state index contributed by atoms with van der Waals surface area (Å²) in [6, 6.07) is 14.4. The van der Waals surface area contributed by atoms with Gasteiger partial charge >= 0.3 is 0 Å². The van der Waals surface area contributed by atoms with Crippen LogP contribution < -0.4 is 5.73 Å². The van der Waals surface area contributed by atoms with Crippen molar-refractivity contribution in [3.63, 3.8) is 0 Å². The molecule has 0 aliphatic carbocycles. The summed E-state index contributed by atoms with van der Waals surface area (Å²) in [4.78, 5) is 16.2. The molecule has 1 amide bonds. The Bertz CT molecular complexity index is 819. The molecule has 0 spiro atoms. The molecule has 4 nitrogen and oxygen atoms in total. The van der Waals surface area contributed by atoms with Crippen LogP contribution >= 0.6 is 11.3 Å². The smallest absolute Gasteiger partial charge is 0.251 e. The number of nitrogens with two attached hydrogens (primary N) is 1. The van der Waals surface area contributed by atoms with Gasteiger partial charge in [0.1, 0.15) is 10.8 Å². The number of fused-ring (bicyclic) bond motifs is 1. The summed E-state index contributed by atoms with van der Waals surface area (Å²) in [5, 5.41) is 10.4. The number of aromatic nitrogens is 1. The Balaban J connectivity index is 2.14. The van der Waals surface area contributed by atoms with E-state index < -0.39 is 5.91 Å². The number of hydrogen-bond donors (Lipinski definition) is 2. The number of para-hydroxylation sites is 2. The molecule has 0 atom stereocenters. The van der Waals surface area contributed by atoms with E-state index in [4.69, 9.17) is 5.73 Å². The highest BCUT2D eigenvalue weighted by Gasteiger charge is 2.14. The van der Waals surface area contributed by atoms with Gasteiger partial charge < -0.3 is 10.8 Å². The zero-order valence-electron chi connectivity index (χ0n) is 11.0. The van der Waals surface area contributed by atoms with Crippen LogP contribution in [0.15, 0.2) is 48.5 Å². The highest BCUT2D eigenvalue weighted by molar-refractivity contribution is 7.19. The van der Waals surface area contributed by atoms with Gasteiger partial charge in [-0.1, -0.05) is 30.3 Å². The third kappa shape index (κ3) is 2.64. The zero-order valence-corrected chi connectivity index (χ0v) is 11.8. The molecule has 0 aliphatic heterocycles. The number of carbonyl (C=O) groups is 1. The molecule has 0 bridgehead atoms. The van der Waals surface area contributed by atoms with Crippen molar-refractivity contribution in [1.82, 2.24) is 4.98 Å². The number of phenols is 1. The van der Waals surface area contributed by atoms with E-state index in [1.165, 1.54) is 11.3 Å². The lowest BCUT2D eigenvalue weighted by Crippen LogP contribution is -2.12. The van der Waals surface area contributed by atoms with Crippen molar-refractivity contribution in [2.24, 2.45) is 5.73 Å². The van der Waals surface area contributed by atoms with Gasteiger partial charge in [0, 0.05) is 5.56 Å². The largest absolute Gasteiger partial charge is 0.507 e. The van der Waals surface area contributed by atoms with Crippen LogP contribution in [0.2, 0.25) is 0 Å². The maximum atomic E-state index is 11.7. The monoisotopic (exact) mass is 296 g/mol. The Hall–Kier alpha value is -2.66. The molecule has 0 fully saturated rings. The second kappa shape index (κ2) is 5.38. The van der Waals surface area contributed by atoms with E-state index in [-0.39, 0.29) is 11.3 Å². The SMILES string of the molecule is NC(=O)C(=Cc1ccccc1O)c1nc2ccccc2s1. The molecule has 0 saturated heterocycles. The lowest BCUT2D eigenvalue weighted by Gasteiger charge is -2.01. The normalized spacial score (nSPS) is 11.7. The van der Waals surface area contributed by atoms with Gasteiger partial charge in [-0.15, -0.1) is 11.3 Å². The molecule has 1 aromatic heterocycles. The van der Waals surface area contributed by atoms with Crippen molar-refractivity contribution in [3.8, 4) is 5.75 Å². The molecule has 3 rings (SSSR count). The number of nitrogens with zero attached hydrogens (tertiary/aromatic N) is 1. The van der Waals surface area contributed by atoms with Crippen LogP contribution in [0, 0.1) is 0 Å². The van der Waals surface area contributed by atoms with Crippen molar-refractivity contribution in [3.05, 3.63) is 59.1 Å². The van der Waals surface area contributed by atoms with Crippen molar-refractivity contribution in [1.29, 1.82) is 0 Å². The molecule has 1 heterocycles. The highest BCUT2D eigenvalue weighted by Crippen LogP contribution is 2.29. The Morgan fingerprint density at radius 3 is 2.57 bits per heavy atom. The van der Waals surface area contributed by atoms with Crippen LogP contribution in [0.4, 0.5) is 0 Å². The third-order valence-electron chi connectivity index (χ3n) is 3.03. The molecule has 3 N–H and O–H groups in total. The minimum Gasteiger partial charge on any atom is -0.507 e. The molecule has 21 heavy (non-hydrogen) atoms. The summed E-state index contributed by atoms with van der Waals surface area (Å²) < 4.78 is 0.983. The minimum absolute atomic E-state index is 0.0948. The van der Waals surface area contributed by atoms with Crippen LogP contribution in [-0.4, -0.2) is 16.0 Å². The van der Waals surface area contributed by atoms with Crippen LogP contribution in [0.25, 0.3) is 21.9 Å².